The van der Waals surface area contributed by atoms with Crippen molar-refractivity contribution in [2.24, 2.45) is 0 Å². The van der Waals surface area contributed by atoms with Gasteiger partial charge in [-0.3, -0.25) is 9.59 Å². The van der Waals surface area contributed by atoms with Crippen LogP contribution in [0.15, 0.2) is 24.3 Å². The second-order valence-corrected chi connectivity index (χ2v) is 7.09. The summed E-state index contributed by atoms with van der Waals surface area (Å²) in [5.74, 6) is -2.77. The summed E-state index contributed by atoms with van der Waals surface area (Å²) >= 11 is 0. The molecule has 0 spiro atoms. The van der Waals surface area contributed by atoms with Gasteiger partial charge < -0.3 is 21.1 Å². The third kappa shape index (κ3) is 7.54. The number of carbonyl (C=O) groups is 3. The zero-order valence-corrected chi connectivity index (χ0v) is 15.9. The summed E-state index contributed by atoms with van der Waals surface area (Å²) in [6.45, 7) is 0.293. The Morgan fingerprint density at radius 3 is 2.39 bits per heavy atom. The number of carboxylic acids is 1. The number of rotatable bonds is 9. The van der Waals surface area contributed by atoms with Crippen LogP contribution < -0.4 is 16.0 Å². The van der Waals surface area contributed by atoms with E-state index in [0.29, 0.717) is 18.5 Å². The van der Waals surface area contributed by atoms with Crippen molar-refractivity contribution in [2.45, 2.75) is 56.9 Å². The van der Waals surface area contributed by atoms with Gasteiger partial charge in [-0.05, 0) is 37.0 Å². The quantitative estimate of drug-likeness (QED) is 0.484. The van der Waals surface area contributed by atoms with E-state index < -0.39 is 17.7 Å². The molecule has 0 heterocycles. The summed E-state index contributed by atoms with van der Waals surface area (Å²) < 4.78 is 13.0. The molecule has 1 saturated carbocycles. The summed E-state index contributed by atoms with van der Waals surface area (Å²) in [6.07, 6.45) is 6.15. The predicted molar refractivity (Wildman–Crippen MR) is 102 cm³/mol. The molecule has 4 N–H and O–H groups in total. The fourth-order valence-electron chi connectivity index (χ4n) is 3.28. The Labute approximate surface area is 164 Å². The van der Waals surface area contributed by atoms with Crippen molar-refractivity contribution in [1.82, 2.24) is 16.0 Å². The molecule has 1 aliphatic rings. The molecule has 0 aromatic heterocycles. The summed E-state index contributed by atoms with van der Waals surface area (Å²) in [5, 5.41) is 17.6. The second-order valence-electron chi connectivity index (χ2n) is 7.09. The van der Waals surface area contributed by atoms with Crippen LogP contribution in [0, 0.1) is 5.82 Å². The minimum atomic E-state index is -1.09. The van der Waals surface area contributed by atoms with Gasteiger partial charge in [0.05, 0.1) is 5.92 Å². The first-order valence-corrected chi connectivity index (χ1v) is 9.75. The molecule has 1 aliphatic carbocycles. The van der Waals surface area contributed by atoms with Crippen molar-refractivity contribution in [1.29, 1.82) is 0 Å². The van der Waals surface area contributed by atoms with Crippen molar-refractivity contribution < 1.29 is 23.9 Å². The molecule has 0 bridgehead atoms. The molecule has 8 heteroatoms. The average Bonchev–Trinajstić information content (AvgIpc) is 2.67. The smallest absolute Gasteiger partial charge is 0.315 e. The first kappa shape index (κ1) is 21.7. The monoisotopic (exact) mass is 393 g/mol. The number of carboxylic acid groups (broad SMARTS) is 1. The van der Waals surface area contributed by atoms with Crippen LogP contribution in [0.3, 0.4) is 0 Å². The number of amides is 3. The van der Waals surface area contributed by atoms with Crippen LogP contribution in [0.1, 0.15) is 56.4 Å². The summed E-state index contributed by atoms with van der Waals surface area (Å²) in [6, 6.07) is 5.20. The molecule has 1 fully saturated rings. The number of urea groups is 1. The predicted octanol–water partition coefficient (Wildman–Crippen LogP) is 2.52. The second kappa shape index (κ2) is 11.3. The van der Waals surface area contributed by atoms with Crippen molar-refractivity contribution in [3.05, 3.63) is 35.6 Å². The molecule has 2 rings (SSSR count). The lowest BCUT2D eigenvalue weighted by atomic mass is 9.96. The van der Waals surface area contributed by atoms with Crippen LogP contribution in [0.25, 0.3) is 0 Å². The topological polar surface area (TPSA) is 108 Å². The normalized spacial score (nSPS) is 15.5. The maximum Gasteiger partial charge on any atom is 0.315 e. The van der Waals surface area contributed by atoms with Crippen LogP contribution >= 0.6 is 0 Å². The minimum absolute atomic E-state index is 0.0740. The first-order valence-electron chi connectivity index (χ1n) is 9.75. The number of nitrogens with one attached hydrogen (secondary N) is 3. The number of hydrogen-bond acceptors (Lipinski definition) is 3. The lowest BCUT2D eigenvalue weighted by Crippen LogP contribution is -2.43. The molecule has 28 heavy (non-hydrogen) atoms. The molecule has 1 atom stereocenters. The molecule has 7 nitrogen and oxygen atoms in total. The molecule has 0 saturated heterocycles. The Hall–Kier alpha value is -2.64. The maximum atomic E-state index is 13.0. The highest BCUT2D eigenvalue weighted by atomic mass is 19.1. The minimum Gasteiger partial charge on any atom is -0.481 e. The van der Waals surface area contributed by atoms with Crippen molar-refractivity contribution in [3.63, 3.8) is 0 Å². The summed E-state index contributed by atoms with van der Waals surface area (Å²) in [7, 11) is 0. The molecule has 1 aromatic rings. The lowest BCUT2D eigenvalue weighted by Gasteiger charge is -2.22. The van der Waals surface area contributed by atoms with Gasteiger partial charge in [0.15, 0.2) is 0 Å². The average molecular weight is 393 g/mol. The standard InChI is InChI=1S/C20H28FN3O4/c21-15-10-8-14(9-11-15)17(19(26)27)13-23-18(25)7-4-12-22-20(28)24-16-5-2-1-3-6-16/h8-11,16-17H,1-7,12-13H2,(H,23,25)(H,26,27)(H2,22,24,28). The molecule has 0 aliphatic heterocycles. The SMILES string of the molecule is O=C(CCCNC(=O)NC1CCCCC1)NCC(C(=O)O)c1ccc(F)cc1. The fourth-order valence-corrected chi connectivity index (χ4v) is 3.28. The third-order valence-corrected chi connectivity index (χ3v) is 4.88. The van der Waals surface area contributed by atoms with Gasteiger partial charge in [-0.15, -0.1) is 0 Å². The van der Waals surface area contributed by atoms with Crippen LogP contribution in [0.4, 0.5) is 9.18 Å². The van der Waals surface area contributed by atoms with E-state index in [1.807, 2.05) is 0 Å². The Morgan fingerprint density at radius 2 is 1.75 bits per heavy atom. The molecule has 1 unspecified atom stereocenters. The lowest BCUT2D eigenvalue weighted by molar-refractivity contribution is -0.138. The summed E-state index contributed by atoms with van der Waals surface area (Å²) in [4.78, 5) is 35.1. The van der Waals surface area contributed by atoms with E-state index in [0.717, 1.165) is 25.7 Å². The van der Waals surface area contributed by atoms with E-state index in [9.17, 15) is 23.9 Å². The van der Waals surface area contributed by atoms with E-state index in [1.165, 1.54) is 30.7 Å². The van der Waals surface area contributed by atoms with Gasteiger partial charge in [-0.1, -0.05) is 31.4 Å². The molecule has 3 amide bonds. The Balaban J connectivity index is 1.63. The van der Waals surface area contributed by atoms with E-state index in [1.54, 1.807) is 0 Å². The van der Waals surface area contributed by atoms with Gasteiger partial charge in [0.1, 0.15) is 5.82 Å². The summed E-state index contributed by atoms with van der Waals surface area (Å²) in [5.41, 5.74) is 0.426. The fraction of sp³-hybridized carbons (Fsp3) is 0.550. The van der Waals surface area contributed by atoms with Gasteiger partial charge in [0.25, 0.3) is 0 Å². The number of aliphatic carboxylic acids is 1. The highest BCUT2D eigenvalue weighted by molar-refractivity contribution is 5.80. The Morgan fingerprint density at radius 1 is 1.07 bits per heavy atom. The Bertz CT molecular complexity index is 660. The number of carbonyl (C=O) groups excluding carboxylic acids is 2. The van der Waals surface area contributed by atoms with E-state index in [4.69, 9.17) is 0 Å². The van der Waals surface area contributed by atoms with Gasteiger partial charge in [-0.2, -0.15) is 0 Å². The Kier molecular flexibility index (Phi) is 8.71. The van der Waals surface area contributed by atoms with Crippen molar-refractivity contribution in [3.8, 4) is 0 Å². The van der Waals surface area contributed by atoms with Gasteiger partial charge >= 0.3 is 12.0 Å². The number of halogens is 1. The van der Waals surface area contributed by atoms with Crippen LogP contribution in [0.2, 0.25) is 0 Å². The molecule has 1 aromatic carbocycles. The molecule has 0 radical (unpaired) electrons. The number of hydrogen-bond donors (Lipinski definition) is 4. The van der Waals surface area contributed by atoms with Gasteiger partial charge in [0, 0.05) is 25.6 Å². The van der Waals surface area contributed by atoms with Crippen LogP contribution in [-0.4, -0.2) is 42.1 Å². The zero-order valence-electron chi connectivity index (χ0n) is 15.9. The molecular weight excluding hydrogens is 365 g/mol. The third-order valence-electron chi connectivity index (χ3n) is 4.88. The van der Waals surface area contributed by atoms with E-state index in [-0.39, 0.29) is 30.9 Å². The van der Waals surface area contributed by atoms with Crippen LogP contribution in [0.5, 0.6) is 0 Å². The van der Waals surface area contributed by atoms with Crippen LogP contribution in [-0.2, 0) is 9.59 Å². The van der Waals surface area contributed by atoms with Crippen molar-refractivity contribution >= 4 is 17.9 Å². The van der Waals surface area contributed by atoms with Crippen molar-refractivity contribution in [2.75, 3.05) is 13.1 Å². The van der Waals surface area contributed by atoms with Gasteiger partial charge in [-0.25, -0.2) is 9.18 Å². The van der Waals surface area contributed by atoms with E-state index in [2.05, 4.69) is 16.0 Å². The highest BCUT2D eigenvalue weighted by Crippen LogP contribution is 2.17. The molecular formula is C20H28FN3O4. The number of benzene rings is 1. The molecule has 154 valence electrons. The zero-order chi connectivity index (χ0) is 20.4. The van der Waals surface area contributed by atoms with Gasteiger partial charge in [0.2, 0.25) is 5.91 Å². The first-order chi connectivity index (χ1) is 13.5. The highest BCUT2D eigenvalue weighted by Gasteiger charge is 2.20. The maximum absolute atomic E-state index is 13.0. The largest absolute Gasteiger partial charge is 0.481 e. The van der Waals surface area contributed by atoms with E-state index >= 15 is 0 Å².